The molecule has 1 amide bonds. The molecule has 4 atom stereocenters. The van der Waals surface area contributed by atoms with E-state index in [0.29, 0.717) is 13.0 Å². The molecule has 0 spiro atoms. The first-order chi connectivity index (χ1) is 17.2. The quantitative estimate of drug-likeness (QED) is 0.0556. The number of carbonyl (C=O) groups is 5. The van der Waals surface area contributed by atoms with Crippen molar-refractivity contribution in [2.75, 3.05) is 19.6 Å². The molecule has 0 radical (unpaired) electrons. The number of nitrogens with zero attached hydrogens (tertiary/aromatic N) is 1. The van der Waals surface area contributed by atoms with Crippen LogP contribution in [0, 0.1) is 11.3 Å². The van der Waals surface area contributed by atoms with Crippen LogP contribution in [-0.2, 0) is 33.3 Å². The number of hydrogen-bond acceptors (Lipinski definition) is 10. The van der Waals surface area contributed by atoms with Gasteiger partial charge in [0.15, 0.2) is 11.6 Å². The summed E-state index contributed by atoms with van der Waals surface area (Å²) in [6.07, 6.45) is -1.02. The number of hydrogen-bond donors (Lipinski definition) is 8. The Morgan fingerprint density at radius 2 is 1.92 bits per heavy atom. The molecule has 16 nitrogen and oxygen atoms in total. The minimum atomic E-state index is -2.29. The van der Waals surface area contributed by atoms with E-state index in [4.69, 9.17) is 37.0 Å². The summed E-state index contributed by atoms with van der Waals surface area (Å²) in [5.41, 5.74) is 13.3. The van der Waals surface area contributed by atoms with Crippen molar-refractivity contribution in [2.45, 2.75) is 62.0 Å². The Balaban J connectivity index is 2.07. The van der Waals surface area contributed by atoms with Crippen LogP contribution in [-0.4, -0.2) is 99.9 Å². The third-order valence-electron chi connectivity index (χ3n) is 6.35. The molecule has 2 aliphatic heterocycles. The van der Waals surface area contributed by atoms with Crippen molar-refractivity contribution in [3.63, 3.8) is 0 Å². The minimum absolute atomic E-state index is 0.0241. The Morgan fingerprint density at radius 3 is 2.49 bits per heavy atom. The van der Waals surface area contributed by atoms with E-state index in [0.717, 1.165) is 0 Å². The van der Waals surface area contributed by atoms with E-state index >= 15 is 0 Å². The van der Waals surface area contributed by atoms with Gasteiger partial charge in [-0.15, -0.1) is 0 Å². The summed E-state index contributed by atoms with van der Waals surface area (Å²) in [5, 5.41) is 38.0. The van der Waals surface area contributed by atoms with Crippen LogP contribution in [0.5, 0.6) is 0 Å². The molecule has 206 valence electrons. The highest BCUT2D eigenvalue weighted by atomic mass is 16.6. The zero-order valence-electron chi connectivity index (χ0n) is 20.2. The molecule has 17 heteroatoms. The van der Waals surface area contributed by atoms with E-state index in [1.165, 1.54) is 4.90 Å². The summed E-state index contributed by atoms with van der Waals surface area (Å²) in [6.45, 7) is 0.158. The number of guanidine groups is 1. The number of nitrogens with one attached hydrogen (secondary N) is 2. The Hall–Kier alpha value is -3.44. The molecule has 0 bridgehead atoms. The molecule has 1 unspecified atom stereocenters. The third kappa shape index (κ3) is 8.03. The molecular formula is C20H33BN6O10. The average molecular weight is 528 g/mol. The van der Waals surface area contributed by atoms with E-state index in [9.17, 15) is 34.2 Å². The number of nitrogens with two attached hydrogens (primary N) is 3. The lowest BCUT2D eigenvalue weighted by Crippen LogP contribution is -2.64. The van der Waals surface area contributed by atoms with Gasteiger partial charge in [0.05, 0.1) is 18.9 Å². The van der Waals surface area contributed by atoms with Crippen LogP contribution < -0.4 is 22.5 Å². The lowest BCUT2D eigenvalue weighted by Gasteiger charge is -2.43. The van der Waals surface area contributed by atoms with Gasteiger partial charge in [-0.25, -0.2) is 4.79 Å². The first-order valence-corrected chi connectivity index (χ1v) is 11.6. The summed E-state index contributed by atoms with van der Waals surface area (Å²) in [4.78, 5) is 61.0. The largest absolute Gasteiger partial charge is 0.528 e. The highest BCUT2D eigenvalue weighted by Crippen LogP contribution is 2.33. The Kier molecular flexibility index (Phi) is 9.83. The number of aliphatic carboxylic acids is 3. The predicted molar refractivity (Wildman–Crippen MR) is 126 cm³/mol. The van der Waals surface area contributed by atoms with Crippen molar-refractivity contribution in [1.29, 1.82) is 5.41 Å². The van der Waals surface area contributed by atoms with Crippen LogP contribution in [0.4, 0.5) is 0 Å². The minimum Gasteiger partial charge on any atom is -0.509 e. The van der Waals surface area contributed by atoms with Gasteiger partial charge in [-0.05, 0) is 37.9 Å². The van der Waals surface area contributed by atoms with Crippen molar-refractivity contribution >= 4 is 42.9 Å². The molecule has 0 aromatic heterocycles. The number of carboxylic acid groups (broad SMARTS) is 3. The van der Waals surface area contributed by atoms with Crippen LogP contribution in [0.15, 0.2) is 0 Å². The van der Waals surface area contributed by atoms with Gasteiger partial charge >= 0.3 is 25.0 Å². The van der Waals surface area contributed by atoms with Crippen LogP contribution >= 0.6 is 0 Å². The second-order valence-corrected chi connectivity index (χ2v) is 9.50. The van der Waals surface area contributed by atoms with E-state index < -0.39 is 72.8 Å². The lowest BCUT2D eigenvalue weighted by atomic mass is 9.72. The zero-order valence-corrected chi connectivity index (χ0v) is 20.2. The lowest BCUT2D eigenvalue weighted by molar-refractivity contribution is -0.174. The molecule has 2 rings (SSSR count). The third-order valence-corrected chi connectivity index (χ3v) is 6.35. The molecular weight excluding hydrogens is 495 g/mol. The van der Waals surface area contributed by atoms with E-state index in [-0.39, 0.29) is 44.6 Å². The predicted octanol–water partition coefficient (Wildman–Crippen LogP) is -2.65. The fourth-order valence-electron chi connectivity index (χ4n) is 4.56. The zero-order chi connectivity index (χ0) is 28.0. The van der Waals surface area contributed by atoms with E-state index in [2.05, 4.69) is 5.32 Å². The molecule has 0 aromatic carbocycles. The normalized spacial score (nSPS) is 26.6. The van der Waals surface area contributed by atoms with Gasteiger partial charge < -0.3 is 52.0 Å². The summed E-state index contributed by atoms with van der Waals surface area (Å²) < 4.78 is 10.4. The number of rotatable bonds is 12. The Bertz CT molecular complexity index is 933. The molecule has 0 aromatic rings. The van der Waals surface area contributed by atoms with Crippen molar-refractivity contribution in [3.05, 3.63) is 0 Å². The van der Waals surface area contributed by atoms with E-state index in [1.807, 2.05) is 0 Å². The maximum atomic E-state index is 12.9. The average Bonchev–Trinajstić information content (AvgIpc) is 2.78. The van der Waals surface area contributed by atoms with Gasteiger partial charge in [0.2, 0.25) is 5.91 Å². The molecule has 0 saturated carbocycles. The molecule has 37 heavy (non-hydrogen) atoms. The standard InChI is InChI=1S/C20H33BN6O10/c22-12(2-1-5-26-18(23)24)15(31)27-9-11(6-19(25,10-27)16(32)33)3-4-21-36-14(30)8-20(37-21,17(34)35)7-13(28)29/h11-12H,1-10,22,25H2,(H,28,29)(H,32,33)(H,34,35)(H4,23,24,26)/t11-,12-,19+,20?/m0/s1. The monoisotopic (exact) mass is 528 g/mol. The smallest absolute Gasteiger partial charge is 0.509 e. The maximum Gasteiger partial charge on any atom is 0.528 e. The van der Waals surface area contributed by atoms with E-state index in [1.54, 1.807) is 0 Å². The van der Waals surface area contributed by atoms with Crippen LogP contribution in [0.1, 0.15) is 38.5 Å². The van der Waals surface area contributed by atoms with Crippen LogP contribution in [0.2, 0.25) is 6.32 Å². The summed E-state index contributed by atoms with van der Waals surface area (Å²) in [7, 11) is -1.38. The number of amides is 1. The second-order valence-electron chi connectivity index (χ2n) is 9.50. The Morgan fingerprint density at radius 1 is 1.24 bits per heavy atom. The number of carbonyl (C=O) groups excluding carboxylic acids is 2. The fourth-order valence-corrected chi connectivity index (χ4v) is 4.56. The van der Waals surface area contributed by atoms with Crippen LogP contribution in [0.25, 0.3) is 0 Å². The number of piperidine rings is 1. The number of carboxylic acids is 3. The number of likely N-dealkylation sites (tertiary alicyclic amines) is 1. The van der Waals surface area contributed by atoms with Crippen LogP contribution in [0.3, 0.4) is 0 Å². The highest BCUT2D eigenvalue weighted by molar-refractivity contribution is 6.48. The maximum absolute atomic E-state index is 12.9. The first kappa shape index (κ1) is 29.8. The van der Waals surface area contributed by atoms with Crippen molar-refractivity contribution < 1.29 is 48.6 Å². The molecule has 2 heterocycles. The summed E-state index contributed by atoms with van der Waals surface area (Å²) >= 11 is 0. The van der Waals surface area contributed by atoms with Crippen molar-refractivity contribution in [2.24, 2.45) is 23.1 Å². The van der Waals surface area contributed by atoms with Crippen molar-refractivity contribution in [3.8, 4) is 0 Å². The van der Waals surface area contributed by atoms with Gasteiger partial charge in [-0.1, -0.05) is 0 Å². The molecule has 0 aliphatic carbocycles. The van der Waals surface area contributed by atoms with Gasteiger partial charge in [-0.3, -0.25) is 24.6 Å². The van der Waals surface area contributed by atoms with Gasteiger partial charge in [0, 0.05) is 19.6 Å². The molecule has 2 aliphatic rings. The molecule has 2 fully saturated rings. The molecule has 2 saturated heterocycles. The highest BCUT2D eigenvalue weighted by Gasteiger charge is 2.52. The molecule has 11 N–H and O–H groups in total. The summed E-state index contributed by atoms with van der Waals surface area (Å²) in [5.74, 6) is -6.57. The topological polar surface area (TPSA) is 282 Å². The summed E-state index contributed by atoms with van der Waals surface area (Å²) in [6, 6.07) is -0.944. The SMILES string of the molecule is N=C(N)NCCC[C@H](N)C(=O)N1C[C@@H](CCB2OC(=O)CC(CC(=O)O)(C(=O)O)O2)C[C@](N)(C(=O)O)C1. The Labute approximate surface area is 212 Å². The fraction of sp³-hybridized carbons (Fsp3) is 0.700. The van der Waals surface area contributed by atoms with Gasteiger partial charge in [-0.2, -0.15) is 0 Å². The van der Waals surface area contributed by atoms with Gasteiger partial charge in [0.25, 0.3) is 5.97 Å². The second kappa shape index (κ2) is 12.2. The van der Waals surface area contributed by atoms with Gasteiger partial charge in [0.1, 0.15) is 5.54 Å². The first-order valence-electron chi connectivity index (χ1n) is 11.6. The van der Waals surface area contributed by atoms with Crippen molar-refractivity contribution in [1.82, 2.24) is 10.2 Å².